The molecule has 0 bridgehead atoms. The topological polar surface area (TPSA) is 78.9 Å². The van der Waals surface area contributed by atoms with Crippen molar-refractivity contribution >= 4 is 40.8 Å². The van der Waals surface area contributed by atoms with Crippen molar-refractivity contribution in [1.82, 2.24) is 4.90 Å². The minimum atomic E-state index is -5.08. The number of halogens is 5. The van der Waals surface area contributed by atoms with Crippen LogP contribution in [0.1, 0.15) is 42.6 Å². The predicted molar refractivity (Wildman–Crippen MR) is 153 cm³/mol. The highest BCUT2D eigenvalue weighted by molar-refractivity contribution is 6.35. The first kappa shape index (κ1) is 30.7. The lowest BCUT2D eigenvalue weighted by Crippen LogP contribution is -2.46. The largest absolute Gasteiger partial charge is 0.492 e. The fourth-order valence-electron chi connectivity index (χ4n) is 5.06. The molecular weight excluding hydrogens is 580 g/mol. The number of carbonyl (C=O) groups excluding carboxylic acids is 1. The number of rotatable bonds is 4. The molecule has 5 rings (SSSR count). The molecule has 3 aromatic carbocycles. The first-order chi connectivity index (χ1) is 19.3. The van der Waals surface area contributed by atoms with Gasteiger partial charge in [-0.25, -0.2) is 4.79 Å². The van der Waals surface area contributed by atoms with Crippen LogP contribution in [0.4, 0.5) is 18.9 Å². The van der Waals surface area contributed by atoms with Crippen LogP contribution in [0.5, 0.6) is 5.75 Å². The summed E-state index contributed by atoms with van der Waals surface area (Å²) < 4.78 is 37.8. The zero-order chi connectivity index (χ0) is 29.9. The van der Waals surface area contributed by atoms with Crippen molar-refractivity contribution in [2.24, 2.45) is 0 Å². The number of carboxylic acids is 1. The summed E-state index contributed by atoms with van der Waals surface area (Å²) >= 11 is 12.3. The van der Waals surface area contributed by atoms with E-state index in [1.165, 1.54) is 5.56 Å². The molecule has 0 radical (unpaired) electrons. The molecule has 0 aromatic heterocycles. The van der Waals surface area contributed by atoms with E-state index in [4.69, 9.17) is 37.8 Å². The molecule has 1 saturated heterocycles. The van der Waals surface area contributed by atoms with Gasteiger partial charge in [-0.15, -0.1) is 0 Å². The number of ether oxygens (including phenoxy) is 1. The van der Waals surface area contributed by atoms with Crippen molar-refractivity contribution in [2.75, 3.05) is 25.0 Å². The molecule has 41 heavy (non-hydrogen) atoms. The summed E-state index contributed by atoms with van der Waals surface area (Å²) in [6.07, 6.45) is -2.94. The van der Waals surface area contributed by atoms with E-state index in [0.29, 0.717) is 21.7 Å². The molecule has 3 aromatic rings. The molecule has 0 atom stereocenters. The van der Waals surface area contributed by atoms with Gasteiger partial charge in [0, 0.05) is 38.3 Å². The first-order valence-electron chi connectivity index (χ1n) is 13.0. The van der Waals surface area contributed by atoms with Gasteiger partial charge in [0.2, 0.25) is 0 Å². The van der Waals surface area contributed by atoms with Crippen molar-refractivity contribution in [2.45, 2.75) is 44.3 Å². The molecule has 6 nitrogen and oxygen atoms in total. The van der Waals surface area contributed by atoms with Gasteiger partial charge in [0.1, 0.15) is 5.75 Å². The van der Waals surface area contributed by atoms with Gasteiger partial charge >= 0.3 is 12.1 Å². The highest BCUT2D eigenvalue weighted by atomic mass is 35.5. The van der Waals surface area contributed by atoms with Crippen LogP contribution in [0.2, 0.25) is 10.0 Å². The highest BCUT2D eigenvalue weighted by Crippen LogP contribution is 2.46. The quantitative estimate of drug-likeness (QED) is 0.317. The third-order valence-corrected chi connectivity index (χ3v) is 7.82. The fourth-order valence-corrected chi connectivity index (χ4v) is 5.59. The number of nitrogens with zero attached hydrogens (tertiary/aromatic N) is 1. The highest BCUT2D eigenvalue weighted by Gasteiger charge is 2.43. The Balaban J connectivity index is 0.000000493. The molecule has 0 unspecified atom stereocenters. The number of carboxylic acid groups (broad SMARTS) is 1. The van der Waals surface area contributed by atoms with E-state index in [2.05, 4.69) is 30.1 Å². The molecule has 1 fully saturated rings. The molecule has 0 aliphatic carbocycles. The van der Waals surface area contributed by atoms with Crippen molar-refractivity contribution in [3.8, 4) is 16.9 Å². The average Bonchev–Trinajstić information content (AvgIpc) is 3.25. The number of alkyl halides is 3. The number of nitrogens with one attached hydrogen (secondary N) is 1. The van der Waals surface area contributed by atoms with Crippen LogP contribution < -0.4 is 10.1 Å². The second-order valence-electron chi connectivity index (χ2n) is 10.4. The van der Waals surface area contributed by atoms with Crippen molar-refractivity contribution in [1.29, 1.82) is 0 Å². The predicted octanol–water partition coefficient (Wildman–Crippen LogP) is 7.68. The smallest absolute Gasteiger partial charge is 0.490 e. The van der Waals surface area contributed by atoms with E-state index < -0.39 is 12.1 Å². The van der Waals surface area contributed by atoms with Gasteiger partial charge in [-0.1, -0.05) is 35.3 Å². The number of anilines is 1. The maximum atomic E-state index is 13.0. The summed E-state index contributed by atoms with van der Waals surface area (Å²) in [6, 6.07) is 19.4. The van der Waals surface area contributed by atoms with Crippen molar-refractivity contribution in [3.05, 3.63) is 81.8 Å². The van der Waals surface area contributed by atoms with Gasteiger partial charge in [-0.3, -0.25) is 4.79 Å². The Bertz CT molecular complexity index is 1400. The van der Waals surface area contributed by atoms with Crippen LogP contribution in [0, 0.1) is 0 Å². The SMILES string of the molecule is CC(C)N1CCC2(CC1)COc1ccc(NC(=O)c3ccc(-c4cc(Cl)cc(Cl)c4)cc3)cc12.O=C(O)C(F)(F)F. The van der Waals surface area contributed by atoms with Gasteiger partial charge in [-0.05, 0) is 99.4 Å². The molecule has 0 saturated carbocycles. The number of hydrogen-bond acceptors (Lipinski definition) is 4. The molecule has 2 aliphatic rings. The van der Waals surface area contributed by atoms with Crippen LogP contribution >= 0.6 is 23.2 Å². The summed E-state index contributed by atoms with van der Waals surface area (Å²) in [5, 5.41) is 11.4. The zero-order valence-electron chi connectivity index (χ0n) is 22.4. The maximum absolute atomic E-state index is 13.0. The number of amides is 1. The minimum absolute atomic E-state index is 0.0430. The number of benzene rings is 3. The molecule has 1 spiro atoms. The average molecular weight is 609 g/mol. The Hall–Kier alpha value is -3.27. The fraction of sp³-hybridized carbons (Fsp3) is 0.333. The number of aliphatic carboxylic acids is 1. The molecule has 218 valence electrons. The number of fused-ring (bicyclic) bond motifs is 2. The van der Waals surface area contributed by atoms with E-state index in [-0.39, 0.29) is 11.3 Å². The summed E-state index contributed by atoms with van der Waals surface area (Å²) in [5.74, 6) is -1.95. The zero-order valence-corrected chi connectivity index (χ0v) is 23.9. The van der Waals surface area contributed by atoms with Gasteiger partial charge in [0.25, 0.3) is 5.91 Å². The van der Waals surface area contributed by atoms with E-state index >= 15 is 0 Å². The Morgan fingerprint density at radius 2 is 1.54 bits per heavy atom. The van der Waals surface area contributed by atoms with E-state index in [0.717, 1.165) is 55.1 Å². The Morgan fingerprint density at radius 1 is 0.951 bits per heavy atom. The molecule has 11 heteroatoms. The lowest BCUT2D eigenvalue weighted by atomic mass is 9.74. The molecule has 2 aliphatic heterocycles. The van der Waals surface area contributed by atoms with E-state index in [9.17, 15) is 18.0 Å². The van der Waals surface area contributed by atoms with Gasteiger partial charge in [-0.2, -0.15) is 13.2 Å². The van der Waals surface area contributed by atoms with Crippen molar-refractivity contribution < 1.29 is 32.6 Å². The number of hydrogen-bond donors (Lipinski definition) is 2. The summed E-state index contributed by atoms with van der Waals surface area (Å²) in [6.45, 7) is 7.37. The molecule has 1 amide bonds. The second-order valence-corrected chi connectivity index (χ2v) is 11.3. The van der Waals surface area contributed by atoms with Gasteiger partial charge in [0.15, 0.2) is 0 Å². The molecular formula is C30H29Cl2F3N2O4. The Kier molecular flexibility index (Phi) is 9.21. The summed E-state index contributed by atoms with van der Waals surface area (Å²) in [7, 11) is 0. The van der Waals surface area contributed by atoms with Crippen LogP contribution in [-0.4, -0.2) is 53.8 Å². The van der Waals surface area contributed by atoms with Crippen LogP contribution in [0.3, 0.4) is 0 Å². The Labute approximate surface area is 246 Å². The number of carbonyl (C=O) groups is 2. The van der Waals surface area contributed by atoms with Crippen molar-refractivity contribution in [3.63, 3.8) is 0 Å². The molecule has 2 heterocycles. The lowest BCUT2D eigenvalue weighted by molar-refractivity contribution is -0.192. The van der Waals surface area contributed by atoms with E-state index in [1.807, 2.05) is 48.5 Å². The van der Waals surface area contributed by atoms with Gasteiger partial charge in [0.05, 0.1) is 6.61 Å². The maximum Gasteiger partial charge on any atom is 0.490 e. The van der Waals surface area contributed by atoms with Crippen LogP contribution in [0.25, 0.3) is 11.1 Å². The van der Waals surface area contributed by atoms with Gasteiger partial charge < -0.3 is 20.1 Å². The van der Waals surface area contributed by atoms with Crippen LogP contribution in [0.15, 0.2) is 60.7 Å². The first-order valence-corrected chi connectivity index (χ1v) is 13.7. The standard InChI is InChI=1S/C28H28Cl2N2O2.C2HF3O2/c1-18(2)32-11-9-28(10-12-32)17-34-26-8-7-24(16-25(26)28)31-27(33)20-5-3-19(4-6-20)21-13-22(29)15-23(30)14-21;3-2(4,5)1(6)7/h3-8,13-16,18H,9-12,17H2,1-2H3,(H,31,33);(H,6,7). The summed E-state index contributed by atoms with van der Waals surface area (Å²) in [4.78, 5) is 24.4. The number of likely N-dealkylation sites (tertiary alicyclic amines) is 1. The molecule has 2 N–H and O–H groups in total. The third kappa shape index (κ3) is 7.33. The Morgan fingerprint density at radius 3 is 2.07 bits per heavy atom. The third-order valence-electron chi connectivity index (χ3n) is 7.38. The summed E-state index contributed by atoms with van der Waals surface area (Å²) in [5.41, 5.74) is 4.52. The number of piperidine rings is 1. The normalized spacial score (nSPS) is 16.0. The lowest BCUT2D eigenvalue weighted by Gasteiger charge is -2.40. The minimum Gasteiger partial charge on any atom is -0.492 e. The monoisotopic (exact) mass is 608 g/mol. The van der Waals surface area contributed by atoms with E-state index in [1.54, 1.807) is 6.07 Å². The van der Waals surface area contributed by atoms with Crippen LogP contribution in [-0.2, 0) is 10.2 Å². The second kappa shape index (κ2) is 12.3.